The van der Waals surface area contributed by atoms with Crippen LogP contribution in [0.15, 0.2) is 64.3 Å². The Bertz CT molecular complexity index is 1210. The van der Waals surface area contributed by atoms with E-state index in [1.165, 1.54) is 4.52 Å². The van der Waals surface area contributed by atoms with Crippen molar-refractivity contribution in [2.75, 3.05) is 7.11 Å². The van der Waals surface area contributed by atoms with E-state index in [2.05, 4.69) is 15.1 Å². The maximum atomic E-state index is 11.9. The van der Waals surface area contributed by atoms with E-state index in [1.807, 2.05) is 30.3 Å². The number of ether oxygens (including phenoxy) is 2. The lowest BCUT2D eigenvalue weighted by Crippen LogP contribution is -2.25. The van der Waals surface area contributed by atoms with Crippen LogP contribution in [0.4, 0.5) is 0 Å². The van der Waals surface area contributed by atoms with Gasteiger partial charge in [-0.3, -0.25) is 9.78 Å². The Kier molecular flexibility index (Phi) is 4.21. The lowest BCUT2D eigenvalue weighted by Gasteiger charge is -2.10. The summed E-state index contributed by atoms with van der Waals surface area (Å²) in [6.07, 6.45) is 1.56. The fourth-order valence-corrected chi connectivity index (χ4v) is 2.77. The van der Waals surface area contributed by atoms with Crippen molar-refractivity contribution < 1.29 is 9.47 Å². The third-order valence-corrected chi connectivity index (χ3v) is 4.06. The first-order chi connectivity index (χ1) is 13.1. The molecule has 0 amide bonds. The van der Waals surface area contributed by atoms with E-state index in [0.29, 0.717) is 29.4 Å². The smallest absolute Gasteiger partial charge is 0.340 e. The predicted molar refractivity (Wildman–Crippen MR) is 99.2 cm³/mol. The molecule has 136 valence electrons. The summed E-state index contributed by atoms with van der Waals surface area (Å²) < 4.78 is 12.6. The number of aromatic amines is 2. The molecule has 0 saturated heterocycles. The summed E-state index contributed by atoms with van der Waals surface area (Å²) >= 11 is 0. The molecule has 2 aromatic heterocycles. The Morgan fingerprint density at radius 2 is 1.93 bits per heavy atom. The summed E-state index contributed by atoms with van der Waals surface area (Å²) in [4.78, 5) is 29.7. The fourth-order valence-electron chi connectivity index (χ4n) is 2.77. The van der Waals surface area contributed by atoms with Gasteiger partial charge in [0.05, 0.1) is 19.0 Å². The Morgan fingerprint density at radius 3 is 2.70 bits per heavy atom. The van der Waals surface area contributed by atoms with Gasteiger partial charge in [0.1, 0.15) is 18.1 Å². The third-order valence-electron chi connectivity index (χ3n) is 4.06. The summed E-state index contributed by atoms with van der Waals surface area (Å²) in [5.41, 5.74) is 1.15. The zero-order valence-corrected chi connectivity index (χ0v) is 14.4. The van der Waals surface area contributed by atoms with Crippen molar-refractivity contribution in [3.63, 3.8) is 0 Å². The average Bonchev–Trinajstić information content (AvgIpc) is 3.11. The summed E-state index contributed by atoms with van der Waals surface area (Å²) in [5.74, 6) is 1.19. The van der Waals surface area contributed by atoms with Crippen molar-refractivity contribution in [2.24, 2.45) is 0 Å². The van der Waals surface area contributed by atoms with Gasteiger partial charge in [0.15, 0.2) is 0 Å². The highest BCUT2D eigenvalue weighted by Gasteiger charge is 2.13. The van der Waals surface area contributed by atoms with E-state index in [-0.39, 0.29) is 5.65 Å². The molecule has 8 nitrogen and oxygen atoms in total. The van der Waals surface area contributed by atoms with Crippen molar-refractivity contribution in [2.45, 2.75) is 6.61 Å². The zero-order valence-electron chi connectivity index (χ0n) is 14.4. The summed E-state index contributed by atoms with van der Waals surface area (Å²) in [6.45, 7) is 0.439. The molecular formula is C19H16N4O4. The molecule has 0 fully saturated rings. The first-order valence-corrected chi connectivity index (χ1v) is 8.21. The first kappa shape index (κ1) is 16.6. The quantitative estimate of drug-likeness (QED) is 0.564. The van der Waals surface area contributed by atoms with Crippen molar-refractivity contribution in [3.05, 3.63) is 81.1 Å². The normalized spacial score (nSPS) is 10.9. The lowest BCUT2D eigenvalue weighted by atomic mass is 10.1. The second-order valence-electron chi connectivity index (χ2n) is 5.85. The molecule has 0 aliphatic carbocycles. The van der Waals surface area contributed by atoms with E-state index in [9.17, 15) is 9.59 Å². The minimum atomic E-state index is -0.604. The van der Waals surface area contributed by atoms with Crippen LogP contribution in [0.3, 0.4) is 0 Å². The number of H-pyrrole nitrogens is 2. The molecule has 0 unspecified atom stereocenters. The molecule has 4 rings (SSSR count). The number of aromatic nitrogens is 4. The van der Waals surface area contributed by atoms with E-state index < -0.39 is 11.2 Å². The first-order valence-electron chi connectivity index (χ1n) is 8.21. The maximum Gasteiger partial charge on any atom is 0.340 e. The molecule has 8 heteroatoms. The number of methoxy groups -OCH3 is 1. The molecule has 0 bridgehead atoms. The number of rotatable bonds is 5. The second-order valence-corrected chi connectivity index (χ2v) is 5.85. The van der Waals surface area contributed by atoms with Crippen LogP contribution in [0.1, 0.15) is 5.56 Å². The van der Waals surface area contributed by atoms with Crippen molar-refractivity contribution in [1.82, 2.24) is 19.6 Å². The van der Waals surface area contributed by atoms with Gasteiger partial charge in [-0.15, -0.1) is 0 Å². The van der Waals surface area contributed by atoms with Crippen LogP contribution in [0.25, 0.3) is 16.9 Å². The molecule has 27 heavy (non-hydrogen) atoms. The number of nitrogens with zero attached hydrogens (tertiary/aromatic N) is 2. The standard InChI is InChI=1S/C19H16N4O4/c1-26-16-9-13(27-11-12-5-3-2-4-6-12)7-8-14(16)15-10-23-17(20-15)18(24)21-19(25)22-23/h2-10H,11H2,1H3,(H2,21,22,24,25). The number of benzene rings is 2. The van der Waals surface area contributed by atoms with Crippen LogP contribution in [-0.4, -0.2) is 26.7 Å². The van der Waals surface area contributed by atoms with Gasteiger partial charge in [-0.1, -0.05) is 30.3 Å². The summed E-state index contributed by atoms with van der Waals surface area (Å²) in [6, 6.07) is 15.2. The highest BCUT2D eigenvalue weighted by Crippen LogP contribution is 2.32. The fraction of sp³-hybridized carbons (Fsp3) is 0.105. The number of fused-ring (bicyclic) bond motifs is 1. The number of nitrogens with one attached hydrogen (secondary N) is 2. The molecule has 0 aliphatic heterocycles. The van der Waals surface area contributed by atoms with Crippen LogP contribution in [-0.2, 0) is 6.61 Å². The molecule has 2 aromatic carbocycles. The van der Waals surface area contributed by atoms with Gasteiger partial charge in [0, 0.05) is 11.6 Å². The molecule has 0 radical (unpaired) electrons. The van der Waals surface area contributed by atoms with Crippen LogP contribution < -0.4 is 20.7 Å². The Labute approximate surface area is 153 Å². The van der Waals surface area contributed by atoms with Gasteiger partial charge >= 0.3 is 5.69 Å². The van der Waals surface area contributed by atoms with Gasteiger partial charge < -0.3 is 9.47 Å². The third kappa shape index (κ3) is 3.32. The van der Waals surface area contributed by atoms with Crippen LogP contribution in [0.2, 0.25) is 0 Å². The van der Waals surface area contributed by atoms with Crippen molar-refractivity contribution >= 4 is 5.65 Å². The van der Waals surface area contributed by atoms with Crippen LogP contribution in [0, 0.1) is 0 Å². The number of hydrogen-bond donors (Lipinski definition) is 2. The van der Waals surface area contributed by atoms with Crippen molar-refractivity contribution in [1.29, 1.82) is 0 Å². The largest absolute Gasteiger partial charge is 0.496 e. The summed E-state index contributed by atoms with van der Waals surface area (Å²) in [7, 11) is 1.55. The van der Waals surface area contributed by atoms with E-state index in [4.69, 9.17) is 9.47 Å². The molecule has 4 aromatic rings. The SMILES string of the molecule is COc1cc(OCc2ccccc2)ccc1-c1cn2[nH]c(=O)[nH]c(=O)c2n1. The zero-order chi connectivity index (χ0) is 18.8. The van der Waals surface area contributed by atoms with Gasteiger partial charge in [-0.25, -0.2) is 19.4 Å². The molecule has 0 atom stereocenters. The van der Waals surface area contributed by atoms with E-state index in [0.717, 1.165) is 5.56 Å². The monoisotopic (exact) mass is 364 g/mol. The van der Waals surface area contributed by atoms with Gasteiger partial charge in [0.25, 0.3) is 5.56 Å². The molecular weight excluding hydrogens is 348 g/mol. The lowest BCUT2D eigenvalue weighted by molar-refractivity contribution is 0.304. The maximum absolute atomic E-state index is 11.9. The molecule has 0 aliphatic rings. The van der Waals surface area contributed by atoms with Gasteiger partial charge in [-0.05, 0) is 17.7 Å². The highest BCUT2D eigenvalue weighted by molar-refractivity contribution is 5.70. The molecule has 2 heterocycles. The van der Waals surface area contributed by atoms with Crippen molar-refractivity contribution in [3.8, 4) is 22.8 Å². The minimum absolute atomic E-state index is 0.0936. The van der Waals surface area contributed by atoms with Gasteiger partial charge in [0.2, 0.25) is 5.65 Å². The highest BCUT2D eigenvalue weighted by atomic mass is 16.5. The van der Waals surface area contributed by atoms with Crippen LogP contribution >= 0.6 is 0 Å². The Morgan fingerprint density at radius 1 is 1.11 bits per heavy atom. The Balaban J connectivity index is 1.66. The molecule has 2 N–H and O–H groups in total. The van der Waals surface area contributed by atoms with E-state index in [1.54, 1.807) is 31.5 Å². The van der Waals surface area contributed by atoms with E-state index >= 15 is 0 Å². The van der Waals surface area contributed by atoms with Gasteiger partial charge in [-0.2, -0.15) is 0 Å². The second kappa shape index (κ2) is 6.83. The number of hydrogen-bond acceptors (Lipinski definition) is 5. The average molecular weight is 364 g/mol. The van der Waals surface area contributed by atoms with Crippen LogP contribution in [0.5, 0.6) is 11.5 Å². The molecule has 0 saturated carbocycles. The molecule has 0 spiro atoms. The predicted octanol–water partition coefficient (Wildman–Crippen LogP) is 1.97. The minimum Gasteiger partial charge on any atom is -0.496 e. The number of imidazole rings is 1. The summed E-state index contributed by atoms with van der Waals surface area (Å²) in [5, 5.41) is 2.49. The Hall–Kier alpha value is -3.81. The topological polar surface area (TPSA) is 101 Å².